The number of thioether (sulfide) groups is 1. The summed E-state index contributed by atoms with van der Waals surface area (Å²) in [5.74, 6) is 1.14. The fourth-order valence-electron chi connectivity index (χ4n) is 2.51. The van der Waals surface area contributed by atoms with Gasteiger partial charge in [-0.15, -0.1) is 11.8 Å². The zero-order valence-electron chi connectivity index (χ0n) is 10.6. The van der Waals surface area contributed by atoms with Gasteiger partial charge in [0.2, 0.25) is 0 Å². The predicted molar refractivity (Wildman–Crippen MR) is 80.1 cm³/mol. The van der Waals surface area contributed by atoms with E-state index in [2.05, 4.69) is 47.4 Å². The first-order valence-electron chi connectivity index (χ1n) is 6.76. The minimum atomic E-state index is 1.14. The van der Waals surface area contributed by atoms with Crippen LogP contribution in [0.5, 0.6) is 0 Å². The van der Waals surface area contributed by atoms with Gasteiger partial charge in [0.1, 0.15) is 0 Å². The van der Waals surface area contributed by atoms with Crippen molar-refractivity contribution in [2.45, 2.75) is 24.2 Å². The van der Waals surface area contributed by atoms with Crippen molar-refractivity contribution in [2.75, 3.05) is 19.0 Å². The zero-order valence-corrected chi connectivity index (χ0v) is 11.5. The summed E-state index contributed by atoms with van der Waals surface area (Å²) in [7, 11) is 0. The number of likely N-dealkylation sites (tertiary alicyclic amines) is 1. The van der Waals surface area contributed by atoms with E-state index in [1.54, 1.807) is 0 Å². The van der Waals surface area contributed by atoms with Crippen molar-refractivity contribution in [1.82, 2.24) is 4.90 Å². The van der Waals surface area contributed by atoms with Crippen molar-refractivity contribution in [1.29, 1.82) is 0 Å². The number of nitrogens with zero attached hydrogens (tertiary/aromatic N) is 1. The minimum Gasteiger partial charge on any atom is -0.294 e. The van der Waals surface area contributed by atoms with Crippen LogP contribution >= 0.6 is 11.8 Å². The molecular weight excluding hydrogens is 238 g/mol. The van der Waals surface area contributed by atoms with Crippen LogP contribution in [-0.2, 0) is 0 Å². The van der Waals surface area contributed by atoms with Gasteiger partial charge >= 0.3 is 0 Å². The second-order valence-electron chi connectivity index (χ2n) is 4.96. The van der Waals surface area contributed by atoms with Crippen LogP contribution in [0, 0.1) is 0 Å². The van der Waals surface area contributed by atoms with E-state index in [-0.39, 0.29) is 0 Å². The lowest BCUT2D eigenvalue weighted by Gasteiger charge is -2.25. The Hall–Kier alpha value is -0.990. The van der Waals surface area contributed by atoms with Crippen molar-refractivity contribution in [2.24, 2.45) is 0 Å². The molecule has 0 N–H and O–H groups in total. The van der Waals surface area contributed by atoms with Crippen molar-refractivity contribution in [3.8, 4) is 0 Å². The maximum absolute atomic E-state index is 2.57. The van der Waals surface area contributed by atoms with Gasteiger partial charge in [0.05, 0.1) is 0 Å². The topological polar surface area (TPSA) is 3.24 Å². The standard InChI is InChI=1S/C16H19NS/c1-4-10-17(11-5-1)13-18-16-9-8-14-6-2-3-7-15(14)12-16/h2-3,6-9,12H,1,4-5,10-11,13H2. The summed E-state index contributed by atoms with van der Waals surface area (Å²) in [6.07, 6.45) is 4.16. The Labute approximate surface area is 113 Å². The normalized spacial score (nSPS) is 17.1. The molecule has 2 aromatic carbocycles. The molecule has 3 rings (SSSR count). The second-order valence-corrected chi connectivity index (χ2v) is 5.98. The molecule has 94 valence electrons. The number of hydrogen-bond donors (Lipinski definition) is 0. The lowest BCUT2D eigenvalue weighted by Crippen LogP contribution is -2.29. The number of benzene rings is 2. The average Bonchev–Trinajstić information content (AvgIpc) is 2.46. The van der Waals surface area contributed by atoms with E-state index in [9.17, 15) is 0 Å². The fraction of sp³-hybridized carbons (Fsp3) is 0.375. The fourth-order valence-corrected chi connectivity index (χ4v) is 3.48. The average molecular weight is 257 g/mol. The van der Waals surface area contributed by atoms with Gasteiger partial charge in [-0.05, 0) is 48.8 Å². The Morgan fingerprint density at radius 1 is 0.889 bits per heavy atom. The molecule has 1 heterocycles. The molecular formula is C16H19NS. The number of rotatable bonds is 3. The molecule has 0 saturated carbocycles. The summed E-state index contributed by atoms with van der Waals surface area (Å²) < 4.78 is 0. The van der Waals surface area contributed by atoms with Crippen LogP contribution in [0.4, 0.5) is 0 Å². The van der Waals surface area contributed by atoms with E-state index >= 15 is 0 Å². The third-order valence-electron chi connectivity index (χ3n) is 3.58. The predicted octanol–water partition coefficient (Wildman–Crippen LogP) is 4.38. The molecule has 0 spiro atoms. The van der Waals surface area contributed by atoms with E-state index in [0.29, 0.717) is 0 Å². The van der Waals surface area contributed by atoms with Gasteiger partial charge in [-0.2, -0.15) is 0 Å². The first kappa shape index (κ1) is 12.1. The molecule has 2 aromatic rings. The molecule has 0 bridgehead atoms. The summed E-state index contributed by atoms with van der Waals surface area (Å²) in [6, 6.07) is 15.4. The highest BCUT2D eigenvalue weighted by Crippen LogP contribution is 2.25. The molecule has 0 amide bonds. The van der Waals surface area contributed by atoms with E-state index in [4.69, 9.17) is 0 Å². The highest BCUT2D eigenvalue weighted by molar-refractivity contribution is 7.99. The molecule has 0 radical (unpaired) electrons. The SMILES string of the molecule is c1ccc2cc(SCN3CCCCC3)ccc2c1. The number of fused-ring (bicyclic) bond motifs is 1. The molecule has 0 unspecified atom stereocenters. The smallest absolute Gasteiger partial charge is 0.0491 e. The zero-order chi connectivity index (χ0) is 12.2. The second kappa shape index (κ2) is 5.77. The molecule has 0 aromatic heterocycles. The first-order chi connectivity index (χ1) is 8.92. The first-order valence-corrected chi connectivity index (χ1v) is 7.74. The summed E-state index contributed by atoms with van der Waals surface area (Å²) in [4.78, 5) is 3.96. The lowest BCUT2D eigenvalue weighted by molar-refractivity contribution is 0.266. The molecule has 1 fully saturated rings. The van der Waals surface area contributed by atoms with Gasteiger partial charge < -0.3 is 0 Å². The number of hydrogen-bond acceptors (Lipinski definition) is 2. The van der Waals surface area contributed by atoms with Crippen LogP contribution < -0.4 is 0 Å². The molecule has 1 aliphatic rings. The van der Waals surface area contributed by atoms with Gasteiger partial charge in [0, 0.05) is 10.8 Å². The van der Waals surface area contributed by atoms with Crippen molar-refractivity contribution in [3.05, 3.63) is 42.5 Å². The van der Waals surface area contributed by atoms with Crippen LogP contribution in [0.2, 0.25) is 0 Å². The molecule has 1 nitrogen and oxygen atoms in total. The highest BCUT2D eigenvalue weighted by atomic mass is 32.2. The van der Waals surface area contributed by atoms with Gasteiger partial charge in [-0.25, -0.2) is 0 Å². The van der Waals surface area contributed by atoms with E-state index in [1.165, 1.54) is 48.0 Å². The van der Waals surface area contributed by atoms with Gasteiger partial charge in [-0.3, -0.25) is 4.90 Å². The van der Waals surface area contributed by atoms with Crippen LogP contribution in [0.25, 0.3) is 10.8 Å². The van der Waals surface area contributed by atoms with Gasteiger partial charge in [-0.1, -0.05) is 36.8 Å². The third kappa shape index (κ3) is 2.88. The maximum atomic E-state index is 2.57. The highest BCUT2D eigenvalue weighted by Gasteiger charge is 2.09. The third-order valence-corrected chi connectivity index (χ3v) is 4.66. The van der Waals surface area contributed by atoms with E-state index in [1.807, 2.05) is 11.8 Å². The van der Waals surface area contributed by atoms with Gasteiger partial charge in [0.15, 0.2) is 0 Å². The Bertz CT molecular complexity index is 517. The summed E-state index contributed by atoms with van der Waals surface area (Å²) in [6.45, 7) is 2.56. The molecule has 0 aliphatic carbocycles. The Morgan fingerprint density at radius 3 is 2.50 bits per heavy atom. The molecule has 18 heavy (non-hydrogen) atoms. The van der Waals surface area contributed by atoms with Crippen LogP contribution in [0.3, 0.4) is 0 Å². The summed E-state index contributed by atoms with van der Waals surface area (Å²) in [5, 5.41) is 2.68. The van der Waals surface area contributed by atoms with Crippen LogP contribution in [0.1, 0.15) is 19.3 Å². The molecule has 2 heteroatoms. The maximum Gasteiger partial charge on any atom is 0.0491 e. The quantitative estimate of drug-likeness (QED) is 0.751. The molecule has 1 saturated heterocycles. The minimum absolute atomic E-state index is 1.14. The lowest BCUT2D eigenvalue weighted by atomic mass is 10.1. The monoisotopic (exact) mass is 257 g/mol. The Balaban J connectivity index is 1.66. The van der Waals surface area contributed by atoms with Crippen molar-refractivity contribution < 1.29 is 0 Å². The largest absolute Gasteiger partial charge is 0.294 e. The summed E-state index contributed by atoms with van der Waals surface area (Å²) >= 11 is 1.97. The van der Waals surface area contributed by atoms with Crippen molar-refractivity contribution >= 4 is 22.5 Å². The van der Waals surface area contributed by atoms with Crippen molar-refractivity contribution in [3.63, 3.8) is 0 Å². The Morgan fingerprint density at radius 2 is 1.67 bits per heavy atom. The van der Waals surface area contributed by atoms with E-state index in [0.717, 1.165) is 5.88 Å². The Kier molecular flexibility index (Phi) is 3.87. The number of piperidine rings is 1. The van der Waals surface area contributed by atoms with Crippen LogP contribution in [0.15, 0.2) is 47.4 Å². The molecule has 0 atom stereocenters. The van der Waals surface area contributed by atoms with Crippen LogP contribution in [-0.4, -0.2) is 23.9 Å². The van der Waals surface area contributed by atoms with Gasteiger partial charge in [0.25, 0.3) is 0 Å². The van der Waals surface area contributed by atoms with E-state index < -0.39 is 0 Å². The summed E-state index contributed by atoms with van der Waals surface area (Å²) in [5.41, 5.74) is 0. The molecule has 1 aliphatic heterocycles.